The van der Waals surface area contributed by atoms with Gasteiger partial charge in [0.05, 0.1) is 7.05 Å². The van der Waals surface area contributed by atoms with Crippen molar-refractivity contribution in [3.8, 4) is 0 Å². The minimum absolute atomic E-state index is 0. The highest BCUT2D eigenvalue weighted by Crippen LogP contribution is 2.10. The molecule has 1 aliphatic rings. The summed E-state index contributed by atoms with van der Waals surface area (Å²) < 4.78 is 4.93. The lowest BCUT2D eigenvalue weighted by molar-refractivity contribution is -0.632. The fraction of sp³-hybridized carbons (Fsp3) is 0.833. The van der Waals surface area contributed by atoms with Gasteiger partial charge >= 0.3 is 5.97 Å². The number of hydrogen-bond donors (Lipinski definition) is 1. The zero-order chi connectivity index (χ0) is 6.69. The summed E-state index contributed by atoms with van der Waals surface area (Å²) in [4.78, 5) is 10.5. The van der Waals surface area contributed by atoms with Crippen molar-refractivity contribution in [1.29, 1.82) is 0 Å². The van der Waals surface area contributed by atoms with Gasteiger partial charge in [-0.3, -0.25) is 4.79 Å². The maximum absolute atomic E-state index is 10.5. The van der Waals surface area contributed by atoms with Gasteiger partial charge in [-0.15, -0.1) is 0 Å². The largest absolute Gasteiger partial charge is 1.00 e. The average Bonchev–Trinajstić information content (AvgIpc) is 2.17. The third-order valence-electron chi connectivity index (χ3n) is 1.47. The summed E-state index contributed by atoms with van der Waals surface area (Å²) in [5.41, 5.74) is 0. The molecule has 0 amide bonds. The molecule has 0 unspecified atom stereocenters. The summed E-state index contributed by atoms with van der Waals surface area (Å²) >= 11 is 0. The van der Waals surface area contributed by atoms with Crippen LogP contribution in [0.4, 0.5) is 0 Å². The number of carbonyl (C=O) groups is 1. The van der Waals surface area contributed by atoms with Crippen molar-refractivity contribution in [3.63, 3.8) is 0 Å². The Bertz CT molecular complexity index is 118. The molecule has 0 aromatic rings. The monoisotopic (exact) mass is 209 g/mol. The van der Waals surface area contributed by atoms with Crippen molar-refractivity contribution >= 4 is 5.97 Å². The van der Waals surface area contributed by atoms with E-state index in [1.54, 1.807) is 0 Å². The van der Waals surface area contributed by atoms with Crippen molar-refractivity contribution < 1.29 is 31.8 Å². The van der Waals surface area contributed by atoms with E-state index in [0.717, 1.165) is 13.0 Å². The van der Waals surface area contributed by atoms with E-state index in [1.807, 2.05) is 12.4 Å². The number of esters is 1. The molecule has 3 nitrogen and oxygen atoms in total. The molecule has 0 radical (unpaired) electrons. The lowest BCUT2D eigenvalue weighted by Gasteiger charge is -2.03. The first-order valence-electron chi connectivity index (χ1n) is 3.30. The molecule has 0 aromatic carbocycles. The van der Waals surface area contributed by atoms with E-state index in [-0.39, 0.29) is 29.1 Å². The lowest BCUT2D eigenvalue weighted by Crippen LogP contribution is -3.00. The molecule has 0 aliphatic carbocycles. The molecule has 1 fully saturated rings. The molecule has 1 saturated heterocycles. The van der Waals surface area contributed by atoms with Gasteiger partial charge in [0.15, 0.2) is 6.10 Å². The molecule has 60 valence electrons. The molecule has 1 rings (SSSR count). The van der Waals surface area contributed by atoms with Crippen LogP contribution in [0, 0.1) is 0 Å². The molecule has 4 heteroatoms. The number of quaternary nitrogens is 1. The molecule has 1 heterocycles. The van der Waals surface area contributed by atoms with Crippen LogP contribution in [0.15, 0.2) is 0 Å². The second kappa shape index (κ2) is 4.68. The van der Waals surface area contributed by atoms with Gasteiger partial charge < -0.3 is 27.0 Å². The van der Waals surface area contributed by atoms with Gasteiger partial charge in [0.2, 0.25) is 0 Å². The number of hydrogen-bond acceptors (Lipinski definition) is 2. The third kappa shape index (κ3) is 2.66. The number of likely N-dealkylation sites (N-methyl/N-ethyl adjacent to an activating group) is 1. The van der Waals surface area contributed by atoms with E-state index in [0.29, 0.717) is 6.42 Å². The van der Waals surface area contributed by atoms with E-state index in [1.165, 1.54) is 0 Å². The first-order valence-corrected chi connectivity index (χ1v) is 3.30. The molecule has 10 heavy (non-hydrogen) atoms. The van der Waals surface area contributed by atoms with Crippen molar-refractivity contribution in [2.24, 2.45) is 0 Å². The smallest absolute Gasteiger partial charge is 0.306 e. The second-order valence-corrected chi connectivity index (χ2v) is 2.29. The molecule has 0 spiro atoms. The molecule has 0 saturated carbocycles. The van der Waals surface area contributed by atoms with Gasteiger partial charge in [-0.1, -0.05) is 0 Å². The first-order chi connectivity index (χ1) is 4.33. The third-order valence-corrected chi connectivity index (χ3v) is 1.47. The summed E-state index contributed by atoms with van der Waals surface area (Å²) in [5.74, 6) is -0.0400. The highest BCUT2D eigenvalue weighted by molar-refractivity contribution is 5.71. The zero-order valence-corrected chi connectivity index (χ0v) is 7.56. The topological polar surface area (TPSA) is 42.9 Å². The fourth-order valence-corrected chi connectivity index (χ4v) is 1.01. The molecule has 0 aromatic heterocycles. The van der Waals surface area contributed by atoms with Crippen molar-refractivity contribution in [2.75, 3.05) is 13.6 Å². The lowest BCUT2D eigenvalue weighted by atomic mass is 10.2. The molecule has 1 aliphatic heterocycles. The Labute approximate surface area is 70.9 Å². The Hall–Kier alpha value is -0.0900. The van der Waals surface area contributed by atoms with E-state index in [2.05, 4.69) is 0 Å². The maximum Gasteiger partial charge on any atom is 0.306 e. The summed E-state index contributed by atoms with van der Waals surface area (Å²) in [6.07, 6.45) is 1.70. The van der Waals surface area contributed by atoms with Crippen molar-refractivity contribution in [1.82, 2.24) is 0 Å². The van der Waals surface area contributed by atoms with Crippen molar-refractivity contribution in [2.45, 2.75) is 18.9 Å². The number of rotatable bonds is 2. The normalized spacial score (nSPS) is 23.7. The Morgan fingerprint density at radius 3 is 2.90 bits per heavy atom. The maximum atomic E-state index is 10.5. The SMILES string of the molecule is C[NH2+]C[C@H]1CCC(=O)O1.[Br-]. The molecular weight excluding hydrogens is 198 g/mol. The second-order valence-electron chi connectivity index (χ2n) is 2.29. The minimum atomic E-state index is -0.0400. The Balaban J connectivity index is 0.000000810. The summed E-state index contributed by atoms with van der Waals surface area (Å²) in [7, 11) is 1.98. The Morgan fingerprint density at radius 2 is 2.50 bits per heavy atom. The standard InChI is InChI=1S/C6H11NO2.BrH/c1-7-4-5-2-3-6(8)9-5;/h5,7H,2-4H2,1H3;1H/t5-;/m1./s1. The molecular formula is C6H12BrNO2. The average molecular weight is 210 g/mol. The van der Waals surface area contributed by atoms with E-state index < -0.39 is 0 Å². The first kappa shape index (κ1) is 9.91. The van der Waals surface area contributed by atoms with Crippen LogP contribution in [-0.4, -0.2) is 25.7 Å². The van der Waals surface area contributed by atoms with Gasteiger partial charge in [0.25, 0.3) is 0 Å². The summed E-state index contributed by atoms with van der Waals surface area (Å²) in [6.45, 7) is 0.908. The summed E-state index contributed by atoms with van der Waals surface area (Å²) in [5, 5.41) is 2.03. The molecule has 0 bridgehead atoms. The van der Waals surface area contributed by atoms with Crippen LogP contribution in [0.3, 0.4) is 0 Å². The van der Waals surface area contributed by atoms with Crippen LogP contribution in [0.1, 0.15) is 12.8 Å². The summed E-state index contributed by atoms with van der Waals surface area (Å²) in [6, 6.07) is 0. The van der Waals surface area contributed by atoms with Gasteiger partial charge in [-0.2, -0.15) is 0 Å². The number of cyclic esters (lactones) is 1. The van der Waals surface area contributed by atoms with E-state index in [4.69, 9.17) is 4.74 Å². The predicted octanol–water partition coefficient (Wildman–Crippen LogP) is -4.11. The van der Waals surface area contributed by atoms with E-state index in [9.17, 15) is 4.79 Å². The quantitative estimate of drug-likeness (QED) is 0.471. The van der Waals surface area contributed by atoms with Gasteiger partial charge in [-0.25, -0.2) is 0 Å². The van der Waals surface area contributed by atoms with Crippen LogP contribution < -0.4 is 22.3 Å². The molecule has 2 N–H and O–H groups in total. The number of nitrogens with two attached hydrogens (primary N) is 1. The number of ether oxygens (including phenoxy) is 1. The number of carbonyl (C=O) groups excluding carboxylic acids is 1. The molecule has 1 atom stereocenters. The predicted molar refractivity (Wildman–Crippen MR) is 31.8 cm³/mol. The van der Waals surface area contributed by atoms with Gasteiger partial charge in [-0.05, 0) is 0 Å². The Kier molecular flexibility index (Phi) is 4.64. The minimum Gasteiger partial charge on any atom is -1.00 e. The van der Waals surface area contributed by atoms with Crippen LogP contribution in [-0.2, 0) is 9.53 Å². The number of halogens is 1. The van der Waals surface area contributed by atoms with Gasteiger partial charge in [0, 0.05) is 12.8 Å². The Morgan fingerprint density at radius 1 is 1.80 bits per heavy atom. The highest BCUT2D eigenvalue weighted by atomic mass is 79.9. The highest BCUT2D eigenvalue weighted by Gasteiger charge is 2.23. The van der Waals surface area contributed by atoms with Crippen LogP contribution in [0.5, 0.6) is 0 Å². The van der Waals surface area contributed by atoms with Crippen molar-refractivity contribution in [3.05, 3.63) is 0 Å². The van der Waals surface area contributed by atoms with Crippen LogP contribution in [0.25, 0.3) is 0 Å². The van der Waals surface area contributed by atoms with E-state index >= 15 is 0 Å². The van der Waals surface area contributed by atoms with Crippen LogP contribution >= 0.6 is 0 Å². The van der Waals surface area contributed by atoms with Crippen LogP contribution in [0.2, 0.25) is 0 Å². The van der Waals surface area contributed by atoms with Gasteiger partial charge in [0.1, 0.15) is 6.54 Å². The fourth-order valence-electron chi connectivity index (χ4n) is 1.01. The zero-order valence-electron chi connectivity index (χ0n) is 5.97.